The van der Waals surface area contributed by atoms with Crippen molar-refractivity contribution < 1.29 is 9.13 Å². The highest BCUT2D eigenvalue weighted by Crippen LogP contribution is 2.20. The van der Waals surface area contributed by atoms with Crippen molar-refractivity contribution >= 4 is 17.3 Å². The molecule has 0 fully saturated rings. The molecule has 25 heavy (non-hydrogen) atoms. The highest BCUT2D eigenvalue weighted by molar-refractivity contribution is 6.31. The van der Waals surface area contributed by atoms with Gasteiger partial charge in [0.1, 0.15) is 11.6 Å². The van der Waals surface area contributed by atoms with Crippen LogP contribution in [0.3, 0.4) is 0 Å². The number of hydrogen-bond acceptors (Lipinski definition) is 2. The van der Waals surface area contributed by atoms with Gasteiger partial charge in [0.15, 0.2) is 0 Å². The van der Waals surface area contributed by atoms with Crippen LogP contribution in [0, 0.1) is 5.82 Å². The molecule has 0 bridgehead atoms. The highest BCUT2D eigenvalue weighted by Gasteiger charge is 2.02. The Morgan fingerprint density at radius 3 is 2.48 bits per heavy atom. The van der Waals surface area contributed by atoms with Crippen molar-refractivity contribution in [3.05, 3.63) is 94.8 Å². The summed E-state index contributed by atoms with van der Waals surface area (Å²) in [5.74, 6) is 0.424. The van der Waals surface area contributed by atoms with Gasteiger partial charge in [-0.25, -0.2) is 4.39 Å². The van der Waals surface area contributed by atoms with Gasteiger partial charge in [0.2, 0.25) is 0 Å². The van der Waals surface area contributed by atoms with E-state index < -0.39 is 5.82 Å². The Balaban J connectivity index is 1.53. The molecule has 3 aromatic rings. The molecule has 0 spiro atoms. The van der Waals surface area contributed by atoms with E-state index in [0.717, 1.165) is 23.4 Å². The molecule has 0 heterocycles. The minimum Gasteiger partial charge on any atom is -0.493 e. The standard InChI is InChI=1S/C21H19ClFNO/c22-20-14-18(9-10-21(20)23)24-15-17-7-4-8-19(13-17)25-12-11-16-5-2-1-3-6-16/h1-10,13-14,24H,11-12,15H2. The van der Waals surface area contributed by atoms with E-state index in [1.165, 1.54) is 11.6 Å². The molecule has 0 aliphatic carbocycles. The molecule has 1 N–H and O–H groups in total. The van der Waals surface area contributed by atoms with Crippen LogP contribution in [-0.4, -0.2) is 6.61 Å². The van der Waals surface area contributed by atoms with Gasteiger partial charge in [0.05, 0.1) is 11.6 Å². The predicted molar refractivity (Wildman–Crippen MR) is 101 cm³/mol. The molecule has 4 heteroatoms. The van der Waals surface area contributed by atoms with E-state index in [9.17, 15) is 4.39 Å². The van der Waals surface area contributed by atoms with Crippen LogP contribution >= 0.6 is 11.6 Å². The first kappa shape index (κ1) is 17.3. The Kier molecular flexibility index (Phi) is 5.91. The van der Waals surface area contributed by atoms with Gasteiger partial charge in [-0.05, 0) is 41.5 Å². The third-order valence-corrected chi connectivity index (χ3v) is 4.11. The maximum atomic E-state index is 13.2. The largest absolute Gasteiger partial charge is 0.493 e. The Morgan fingerprint density at radius 2 is 1.68 bits per heavy atom. The summed E-state index contributed by atoms with van der Waals surface area (Å²) < 4.78 is 19.0. The lowest BCUT2D eigenvalue weighted by Gasteiger charge is -2.10. The van der Waals surface area contributed by atoms with Crippen molar-refractivity contribution in [2.24, 2.45) is 0 Å². The van der Waals surface area contributed by atoms with Crippen molar-refractivity contribution in [1.82, 2.24) is 0 Å². The lowest BCUT2D eigenvalue weighted by Crippen LogP contribution is -2.03. The van der Waals surface area contributed by atoms with Crippen molar-refractivity contribution in [3.63, 3.8) is 0 Å². The van der Waals surface area contributed by atoms with E-state index in [4.69, 9.17) is 16.3 Å². The zero-order chi connectivity index (χ0) is 17.5. The van der Waals surface area contributed by atoms with Gasteiger partial charge in [-0.1, -0.05) is 54.1 Å². The van der Waals surface area contributed by atoms with Gasteiger partial charge in [-0.2, -0.15) is 0 Å². The fraction of sp³-hybridized carbons (Fsp3) is 0.143. The second-order valence-electron chi connectivity index (χ2n) is 5.71. The summed E-state index contributed by atoms with van der Waals surface area (Å²) in [5, 5.41) is 3.35. The molecule has 0 unspecified atom stereocenters. The van der Waals surface area contributed by atoms with Crippen LogP contribution < -0.4 is 10.1 Å². The van der Waals surface area contributed by atoms with Crippen LogP contribution in [0.1, 0.15) is 11.1 Å². The average Bonchev–Trinajstić information content (AvgIpc) is 2.64. The van der Waals surface area contributed by atoms with E-state index in [1.807, 2.05) is 42.5 Å². The Bertz CT molecular complexity index is 823. The molecule has 0 aromatic heterocycles. The van der Waals surface area contributed by atoms with Crippen LogP contribution in [0.5, 0.6) is 5.75 Å². The number of anilines is 1. The minimum absolute atomic E-state index is 0.114. The zero-order valence-corrected chi connectivity index (χ0v) is 14.5. The number of hydrogen-bond donors (Lipinski definition) is 1. The van der Waals surface area contributed by atoms with Gasteiger partial charge < -0.3 is 10.1 Å². The number of ether oxygens (including phenoxy) is 1. The molecular weight excluding hydrogens is 337 g/mol. The first-order chi connectivity index (χ1) is 12.2. The Hall–Kier alpha value is -2.52. The first-order valence-corrected chi connectivity index (χ1v) is 8.53. The molecule has 0 aliphatic rings. The summed E-state index contributed by atoms with van der Waals surface area (Å²) in [7, 11) is 0. The van der Waals surface area contributed by atoms with Gasteiger partial charge in [-0.3, -0.25) is 0 Å². The second kappa shape index (κ2) is 8.54. The average molecular weight is 356 g/mol. The van der Waals surface area contributed by atoms with Gasteiger partial charge in [-0.15, -0.1) is 0 Å². The van der Waals surface area contributed by atoms with Gasteiger partial charge in [0, 0.05) is 18.7 Å². The SMILES string of the molecule is Fc1ccc(NCc2cccc(OCCc3ccccc3)c2)cc1Cl. The zero-order valence-electron chi connectivity index (χ0n) is 13.7. The van der Waals surface area contributed by atoms with Crippen molar-refractivity contribution in [1.29, 1.82) is 0 Å². The maximum Gasteiger partial charge on any atom is 0.141 e. The van der Waals surface area contributed by atoms with Crippen molar-refractivity contribution in [2.75, 3.05) is 11.9 Å². The molecule has 3 rings (SSSR count). The smallest absolute Gasteiger partial charge is 0.141 e. The molecular formula is C21H19ClFNO. The summed E-state index contributed by atoms with van der Waals surface area (Å²) in [5.41, 5.74) is 3.12. The number of halogens is 2. The summed E-state index contributed by atoms with van der Waals surface area (Å²) >= 11 is 5.79. The normalized spacial score (nSPS) is 10.5. The van der Waals surface area contributed by atoms with Crippen LogP contribution in [-0.2, 0) is 13.0 Å². The summed E-state index contributed by atoms with van der Waals surface area (Å²) in [6.07, 6.45) is 0.872. The first-order valence-electron chi connectivity index (χ1n) is 8.15. The summed E-state index contributed by atoms with van der Waals surface area (Å²) in [6.45, 7) is 1.24. The molecule has 0 radical (unpaired) electrons. The minimum atomic E-state index is -0.416. The van der Waals surface area contributed by atoms with E-state index in [0.29, 0.717) is 13.2 Å². The van der Waals surface area contributed by atoms with E-state index in [-0.39, 0.29) is 5.02 Å². The molecule has 0 atom stereocenters. The lowest BCUT2D eigenvalue weighted by atomic mass is 10.2. The van der Waals surface area contributed by atoms with E-state index >= 15 is 0 Å². The van der Waals surface area contributed by atoms with Crippen LogP contribution in [0.2, 0.25) is 5.02 Å². The Labute approximate surface area is 152 Å². The molecule has 0 amide bonds. The summed E-state index contributed by atoms with van der Waals surface area (Å²) in [6, 6.07) is 22.8. The lowest BCUT2D eigenvalue weighted by molar-refractivity contribution is 0.321. The van der Waals surface area contributed by atoms with Crippen molar-refractivity contribution in [2.45, 2.75) is 13.0 Å². The quantitative estimate of drug-likeness (QED) is 0.585. The predicted octanol–water partition coefficient (Wildman–Crippen LogP) is 5.71. The Morgan fingerprint density at radius 1 is 0.880 bits per heavy atom. The molecule has 2 nitrogen and oxygen atoms in total. The monoisotopic (exact) mass is 355 g/mol. The van der Waals surface area contributed by atoms with Gasteiger partial charge in [0.25, 0.3) is 0 Å². The van der Waals surface area contributed by atoms with Crippen LogP contribution in [0.15, 0.2) is 72.8 Å². The van der Waals surface area contributed by atoms with E-state index in [1.54, 1.807) is 12.1 Å². The fourth-order valence-corrected chi connectivity index (χ4v) is 2.67. The molecule has 0 saturated heterocycles. The van der Waals surface area contributed by atoms with Crippen LogP contribution in [0.25, 0.3) is 0 Å². The summed E-state index contributed by atoms with van der Waals surface area (Å²) in [4.78, 5) is 0. The molecule has 3 aromatic carbocycles. The molecule has 0 saturated carbocycles. The molecule has 128 valence electrons. The second-order valence-corrected chi connectivity index (χ2v) is 6.12. The van der Waals surface area contributed by atoms with E-state index in [2.05, 4.69) is 17.4 Å². The number of nitrogens with one attached hydrogen (secondary N) is 1. The number of rotatable bonds is 7. The maximum absolute atomic E-state index is 13.2. The third-order valence-electron chi connectivity index (χ3n) is 3.82. The topological polar surface area (TPSA) is 21.3 Å². The van der Waals surface area contributed by atoms with Crippen LogP contribution in [0.4, 0.5) is 10.1 Å². The fourth-order valence-electron chi connectivity index (χ4n) is 2.49. The number of benzene rings is 3. The third kappa shape index (κ3) is 5.23. The van der Waals surface area contributed by atoms with Crippen molar-refractivity contribution in [3.8, 4) is 5.75 Å². The van der Waals surface area contributed by atoms with Gasteiger partial charge >= 0.3 is 0 Å². The molecule has 0 aliphatic heterocycles. The highest BCUT2D eigenvalue weighted by atomic mass is 35.5.